The van der Waals surface area contributed by atoms with Crippen LogP contribution in [0, 0.1) is 5.92 Å². The van der Waals surface area contributed by atoms with E-state index in [1.165, 1.54) is 4.90 Å². The number of piperidine rings is 2. The molecular weight excluding hydrogens is 358 g/mol. The lowest BCUT2D eigenvalue weighted by Gasteiger charge is -2.36. The molecule has 1 aromatic carbocycles. The molecule has 1 N–H and O–H groups in total. The highest BCUT2D eigenvalue weighted by molar-refractivity contribution is 6.19. The number of nitrogens with zero attached hydrogens (tertiary/aromatic N) is 4. The van der Waals surface area contributed by atoms with Crippen LogP contribution < -0.4 is 15.1 Å². The van der Waals surface area contributed by atoms with Gasteiger partial charge in [0.05, 0.1) is 11.4 Å². The number of hydrogen-bond acceptors (Lipinski definition) is 5. The van der Waals surface area contributed by atoms with Crippen molar-refractivity contribution in [3.63, 3.8) is 0 Å². The van der Waals surface area contributed by atoms with Crippen molar-refractivity contribution in [1.29, 1.82) is 0 Å². The number of imide groups is 1. The van der Waals surface area contributed by atoms with Crippen molar-refractivity contribution in [2.75, 3.05) is 23.4 Å². The molecule has 0 radical (unpaired) electrons. The van der Waals surface area contributed by atoms with Crippen molar-refractivity contribution >= 4 is 40.1 Å². The molecule has 0 bridgehead atoms. The van der Waals surface area contributed by atoms with Crippen molar-refractivity contribution in [1.82, 2.24) is 15.1 Å². The zero-order chi connectivity index (χ0) is 20.0. The predicted octanol–water partition coefficient (Wildman–Crippen LogP) is 1.58. The summed E-state index contributed by atoms with van der Waals surface area (Å²) in [5, 5.41) is 8.40. The molecule has 2 atom stereocenters. The first-order valence-corrected chi connectivity index (χ1v) is 9.73. The van der Waals surface area contributed by atoms with Gasteiger partial charge in [0.2, 0.25) is 17.7 Å². The van der Waals surface area contributed by atoms with Crippen LogP contribution in [0.3, 0.4) is 0 Å². The molecule has 8 heteroatoms. The summed E-state index contributed by atoms with van der Waals surface area (Å²) in [6.45, 7) is 2.60. The van der Waals surface area contributed by atoms with Crippen molar-refractivity contribution in [3.05, 3.63) is 18.2 Å². The summed E-state index contributed by atoms with van der Waals surface area (Å²) in [5.41, 5.74) is 1.60. The van der Waals surface area contributed by atoms with Crippen LogP contribution in [0.25, 0.3) is 10.9 Å². The molecule has 0 aliphatic carbocycles. The van der Waals surface area contributed by atoms with Crippen LogP contribution in [-0.4, -0.2) is 47.1 Å². The number of aromatic nitrogens is 2. The van der Waals surface area contributed by atoms with E-state index in [9.17, 15) is 14.4 Å². The van der Waals surface area contributed by atoms with Crippen LogP contribution in [0.5, 0.6) is 0 Å². The molecule has 2 fully saturated rings. The van der Waals surface area contributed by atoms with Gasteiger partial charge < -0.3 is 10.2 Å². The largest absolute Gasteiger partial charge is 0.316 e. The molecule has 28 heavy (non-hydrogen) atoms. The Labute approximate surface area is 163 Å². The van der Waals surface area contributed by atoms with Gasteiger partial charge in [-0.15, -0.1) is 0 Å². The fourth-order valence-corrected chi connectivity index (χ4v) is 4.25. The predicted molar refractivity (Wildman–Crippen MR) is 106 cm³/mol. The molecule has 2 aliphatic heterocycles. The lowest BCUT2D eigenvalue weighted by Crippen LogP contribution is -2.51. The van der Waals surface area contributed by atoms with Gasteiger partial charge in [0.1, 0.15) is 0 Å². The molecule has 3 heterocycles. The maximum Gasteiger partial charge on any atom is 0.235 e. The molecule has 2 saturated heterocycles. The lowest BCUT2D eigenvalue weighted by atomic mass is 9.92. The van der Waals surface area contributed by atoms with E-state index in [4.69, 9.17) is 0 Å². The van der Waals surface area contributed by atoms with Gasteiger partial charge in [-0.1, -0.05) is 6.92 Å². The number of anilines is 2. The van der Waals surface area contributed by atoms with E-state index in [-0.39, 0.29) is 29.7 Å². The van der Waals surface area contributed by atoms with Crippen LogP contribution in [0.4, 0.5) is 11.5 Å². The topological polar surface area (TPSA) is 87.5 Å². The van der Waals surface area contributed by atoms with Gasteiger partial charge in [0.25, 0.3) is 0 Å². The number of aryl methyl sites for hydroxylation is 1. The molecule has 2 aromatic rings. The number of amides is 3. The average Bonchev–Trinajstić information content (AvgIpc) is 3.00. The van der Waals surface area contributed by atoms with Crippen LogP contribution in [-0.2, 0) is 21.4 Å². The summed E-state index contributed by atoms with van der Waals surface area (Å²) < 4.78 is 1.66. The Morgan fingerprint density at radius 3 is 2.54 bits per heavy atom. The first-order chi connectivity index (χ1) is 13.4. The van der Waals surface area contributed by atoms with E-state index in [0.29, 0.717) is 31.6 Å². The van der Waals surface area contributed by atoms with Crippen LogP contribution in [0.15, 0.2) is 18.2 Å². The van der Waals surface area contributed by atoms with Gasteiger partial charge in [0.15, 0.2) is 5.82 Å². The van der Waals surface area contributed by atoms with Crippen molar-refractivity contribution in [2.45, 2.75) is 38.6 Å². The second-order valence-corrected chi connectivity index (χ2v) is 7.59. The average molecular weight is 383 g/mol. The minimum Gasteiger partial charge on any atom is -0.316 e. The van der Waals surface area contributed by atoms with Gasteiger partial charge in [-0.25, -0.2) is 4.90 Å². The van der Waals surface area contributed by atoms with E-state index in [0.717, 1.165) is 23.0 Å². The summed E-state index contributed by atoms with van der Waals surface area (Å²) in [6.07, 6.45) is 2.18. The summed E-state index contributed by atoms with van der Waals surface area (Å²) >= 11 is 0. The standard InChI is InChI=1S/C20H25N5O3/c1-12-15(21-2)9-10-24(20(12)28)13-7-8-14-16(11-13)23(3)22-19(14)25-17(26)5-4-6-18(25)27/h7-8,11-12,15,21H,4-6,9-10H2,1-3H3/t12-,15+/m1/s1. The van der Waals surface area contributed by atoms with E-state index in [2.05, 4.69) is 10.4 Å². The number of rotatable bonds is 3. The second-order valence-electron chi connectivity index (χ2n) is 7.59. The molecule has 3 amide bonds. The first kappa shape index (κ1) is 18.6. The quantitative estimate of drug-likeness (QED) is 0.813. The smallest absolute Gasteiger partial charge is 0.235 e. The summed E-state index contributed by atoms with van der Waals surface area (Å²) in [4.78, 5) is 40.4. The third kappa shape index (κ3) is 2.88. The van der Waals surface area contributed by atoms with E-state index in [1.54, 1.807) is 11.7 Å². The zero-order valence-electron chi connectivity index (χ0n) is 16.4. The Bertz CT molecular complexity index is 950. The Morgan fingerprint density at radius 1 is 1.14 bits per heavy atom. The van der Waals surface area contributed by atoms with Gasteiger partial charge in [-0.2, -0.15) is 5.10 Å². The molecule has 2 aliphatic rings. The number of carbonyl (C=O) groups excluding carboxylic acids is 3. The van der Waals surface area contributed by atoms with Crippen LogP contribution in [0.2, 0.25) is 0 Å². The normalized spacial score (nSPS) is 23.8. The molecule has 0 unspecified atom stereocenters. The third-order valence-corrected chi connectivity index (χ3v) is 5.91. The van der Waals surface area contributed by atoms with E-state index in [1.807, 2.05) is 37.1 Å². The molecule has 0 saturated carbocycles. The maximum atomic E-state index is 12.8. The zero-order valence-corrected chi connectivity index (χ0v) is 16.4. The van der Waals surface area contributed by atoms with Crippen LogP contribution >= 0.6 is 0 Å². The van der Waals surface area contributed by atoms with Crippen molar-refractivity contribution < 1.29 is 14.4 Å². The Morgan fingerprint density at radius 2 is 1.86 bits per heavy atom. The number of hydrogen-bond donors (Lipinski definition) is 1. The minimum atomic E-state index is -0.210. The monoisotopic (exact) mass is 383 g/mol. The number of fused-ring (bicyclic) bond motifs is 1. The molecular formula is C20H25N5O3. The Kier molecular flexibility index (Phi) is 4.66. The van der Waals surface area contributed by atoms with E-state index >= 15 is 0 Å². The fraction of sp³-hybridized carbons (Fsp3) is 0.500. The van der Waals surface area contributed by atoms with E-state index < -0.39 is 0 Å². The SMILES string of the molecule is CN[C@H]1CCN(c2ccc3c(N4C(=O)CCCC4=O)nn(C)c3c2)C(=O)[C@@H]1C. The molecule has 1 aromatic heterocycles. The van der Waals surface area contributed by atoms with Gasteiger partial charge in [-0.05, 0) is 38.1 Å². The highest BCUT2D eigenvalue weighted by Crippen LogP contribution is 2.33. The molecule has 148 valence electrons. The minimum absolute atomic E-state index is 0.0914. The summed E-state index contributed by atoms with van der Waals surface area (Å²) in [7, 11) is 3.67. The lowest BCUT2D eigenvalue weighted by molar-refractivity contribution is -0.129. The van der Waals surface area contributed by atoms with Crippen molar-refractivity contribution in [3.8, 4) is 0 Å². The molecule has 8 nitrogen and oxygen atoms in total. The molecule has 4 rings (SSSR count). The van der Waals surface area contributed by atoms with Gasteiger partial charge >= 0.3 is 0 Å². The highest BCUT2D eigenvalue weighted by atomic mass is 16.2. The van der Waals surface area contributed by atoms with Crippen molar-refractivity contribution in [2.24, 2.45) is 13.0 Å². The van der Waals surface area contributed by atoms with Gasteiger partial charge in [-0.3, -0.25) is 19.1 Å². The number of carbonyl (C=O) groups is 3. The summed E-state index contributed by atoms with van der Waals surface area (Å²) in [5.74, 6) is -0.0434. The maximum absolute atomic E-state index is 12.8. The second kappa shape index (κ2) is 7.01. The van der Waals surface area contributed by atoms with Gasteiger partial charge in [0, 0.05) is 43.5 Å². The molecule has 0 spiro atoms. The Balaban J connectivity index is 1.71. The first-order valence-electron chi connectivity index (χ1n) is 9.73. The third-order valence-electron chi connectivity index (χ3n) is 5.91. The fourth-order valence-electron chi connectivity index (χ4n) is 4.25. The summed E-state index contributed by atoms with van der Waals surface area (Å²) in [6, 6.07) is 5.82. The Hall–Kier alpha value is -2.74. The highest BCUT2D eigenvalue weighted by Gasteiger charge is 2.34. The van der Waals surface area contributed by atoms with Crippen LogP contribution in [0.1, 0.15) is 32.6 Å². The number of nitrogens with one attached hydrogen (secondary N) is 1. The number of benzene rings is 1.